The standard InChI is InChI=1S/C10H13ClN2O/c1-14-6-5-9-12-8-4-2-3-7(8)10(11)13-9/h2-6H2,1H3. The molecular weight excluding hydrogens is 200 g/mol. The monoisotopic (exact) mass is 212 g/mol. The summed E-state index contributed by atoms with van der Waals surface area (Å²) >= 11 is 6.06. The number of methoxy groups -OCH3 is 1. The molecule has 76 valence electrons. The van der Waals surface area contributed by atoms with Gasteiger partial charge in [0.05, 0.1) is 6.61 Å². The molecule has 0 bridgehead atoms. The van der Waals surface area contributed by atoms with Gasteiger partial charge in [0, 0.05) is 24.8 Å². The summed E-state index contributed by atoms with van der Waals surface area (Å²) in [6, 6.07) is 0. The van der Waals surface area contributed by atoms with Crippen LogP contribution >= 0.6 is 11.6 Å². The Morgan fingerprint density at radius 2 is 2.21 bits per heavy atom. The maximum Gasteiger partial charge on any atom is 0.136 e. The van der Waals surface area contributed by atoms with Crippen molar-refractivity contribution in [3.8, 4) is 0 Å². The number of aromatic nitrogens is 2. The molecule has 3 nitrogen and oxygen atoms in total. The van der Waals surface area contributed by atoms with E-state index in [4.69, 9.17) is 16.3 Å². The quantitative estimate of drug-likeness (QED) is 0.717. The van der Waals surface area contributed by atoms with Crippen molar-refractivity contribution in [3.05, 3.63) is 22.2 Å². The van der Waals surface area contributed by atoms with Crippen LogP contribution in [0.1, 0.15) is 23.5 Å². The van der Waals surface area contributed by atoms with Crippen LogP contribution in [0.25, 0.3) is 0 Å². The van der Waals surface area contributed by atoms with E-state index in [1.165, 1.54) is 0 Å². The topological polar surface area (TPSA) is 35.0 Å². The molecule has 1 heterocycles. The van der Waals surface area contributed by atoms with E-state index in [9.17, 15) is 0 Å². The number of aryl methyl sites for hydroxylation is 1. The van der Waals surface area contributed by atoms with E-state index in [1.54, 1.807) is 7.11 Å². The minimum absolute atomic E-state index is 0.638. The highest BCUT2D eigenvalue weighted by molar-refractivity contribution is 6.30. The molecule has 0 spiro atoms. The van der Waals surface area contributed by atoms with E-state index < -0.39 is 0 Å². The molecule has 2 rings (SSSR count). The highest BCUT2D eigenvalue weighted by Crippen LogP contribution is 2.25. The molecule has 0 N–H and O–H groups in total. The van der Waals surface area contributed by atoms with Gasteiger partial charge in [0.1, 0.15) is 11.0 Å². The first kappa shape index (κ1) is 9.87. The van der Waals surface area contributed by atoms with E-state index in [1.807, 2.05) is 0 Å². The van der Waals surface area contributed by atoms with Crippen molar-refractivity contribution in [2.45, 2.75) is 25.7 Å². The Morgan fingerprint density at radius 3 is 3.00 bits per heavy atom. The summed E-state index contributed by atoms with van der Waals surface area (Å²) in [6.45, 7) is 0.648. The molecule has 0 aliphatic heterocycles. The summed E-state index contributed by atoms with van der Waals surface area (Å²) in [5.41, 5.74) is 2.28. The molecule has 0 unspecified atom stereocenters. The van der Waals surface area contributed by atoms with E-state index in [0.29, 0.717) is 11.8 Å². The second-order valence-electron chi connectivity index (χ2n) is 3.45. The highest BCUT2D eigenvalue weighted by Gasteiger charge is 2.17. The smallest absolute Gasteiger partial charge is 0.136 e. The van der Waals surface area contributed by atoms with E-state index in [2.05, 4.69) is 9.97 Å². The summed E-state index contributed by atoms with van der Waals surface area (Å²) in [7, 11) is 1.68. The van der Waals surface area contributed by atoms with Gasteiger partial charge in [-0.1, -0.05) is 11.6 Å². The van der Waals surface area contributed by atoms with E-state index in [-0.39, 0.29) is 0 Å². The van der Waals surface area contributed by atoms with Crippen molar-refractivity contribution in [2.75, 3.05) is 13.7 Å². The fourth-order valence-electron chi connectivity index (χ4n) is 1.74. The summed E-state index contributed by atoms with van der Waals surface area (Å²) in [4.78, 5) is 8.73. The van der Waals surface area contributed by atoms with Crippen LogP contribution in [0.2, 0.25) is 5.15 Å². The average molecular weight is 213 g/mol. The molecule has 0 aromatic carbocycles. The first-order valence-electron chi connectivity index (χ1n) is 4.84. The third-order valence-corrected chi connectivity index (χ3v) is 2.77. The lowest BCUT2D eigenvalue weighted by molar-refractivity contribution is 0.200. The van der Waals surface area contributed by atoms with Gasteiger partial charge in [-0.2, -0.15) is 0 Å². The predicted octanol–water partition coefficient (Wildman–Crippen LogP) is 1.81. The second kappa shape index (κ2) is 4.24. The minimum atomic E-state index is 0.638. The molecule has 0 radical (unpaired) electrons. The van der Waals surface area contributed by atoms with Crippen LogP contribution in [0.3, 0.4) is 0 Å². The Kier molecular flexibility index (Phi) is 2.99. The Labute approximate surface area is 88.5 Å². The Hall–Kier alpha value is -0.670. The number of ether oxygens (including phenoxy) is 1. The zero-order valence-corrected chi connectivity index (χ0v) is 8.97. The zero-order valence-electron chi connectivity index (χ0n) is 8.22. The normalized spacial score (nSPS) is 14.4. The van der Waals surface area contributed by atoms with Crippen molar-refractivity contribution in [1.82, 2.24) is 9.97 Å². The van der Waals surface area contributed by atoms with Crippen LogP contribution in [0.4, 0.5) is 0 Å². The highest BCUT2D eigenvalue weighted by atomic mass is 35.5. The third kappa shape index (κ3) is 1.88. The van der Waals surface area contributed by atoms with Crippen molar-refractivity contribution in [2.24, 2.45) is 0 Å². The maximum atomic E-state index is 6.06. The van der Waals surface area contributed by atoms with Gasteiger partial charge >= 0.3 is 0 Å². The summed E-state index contributed by atoms with van der Waals surface area (Å²) in [5, 5.41) is 0.638. The summed E-state index contributed by atoms with van der Waals surface area (Å²) < 4.78 is 4.98. The van der Waals surface area contributed by atoms with Gasteiger partial charge in [-0.25, -0.2) is 9.97 Å². The van der Waals surface area contributed by atoms with Crippen LogP contribution in [-0.2, 0) is 24.0 Å². The third-order valence-electron chi connectivity index (χ3n) is 2.46. The number of hydrogen-bond acceptors (Lipinski definition) is 3. The van der Waals surface area contributed by atoms with Crippen LogP contribution in [-0.4, -0.2) is 23.7 Å². The molecule has 14 heavy (non-hydrogen) atoms. The molecule has 1 aromatic heterocycles. The van der Waals surface area contributed by atoms with Crippen molar-refractivity contribution >= 4 is 11.6 Å². The zero-order chi connectivity index (χ0) is 9.97. The van der Waals surface area contributed by atoms with Gasteiger partial charge in [-0.05, 0) is 19.3 Å². The molecule has 4 heteroatoms. The van der Waals surface area contributed by atoms with Crippen molar-refractivity contribution in [1.29, 1.82) is 0 Å². The molecule has 1 aliphatic rings. The van der Waals surface area contributed by atoms with Gasteiger partial charge < -0.3 is 4.74 Å². The number of hydrogen-bond donors (Lipinski definition) is 0. The van der Waals surface area contributed by atoms with E-state index in [0.717, 1.165) is 42.8 Å². The number of fused-ring (bicyclic) bond motifs is 1. The fraction of sp³-hybridized carbons (Fsp3) is 0.600. The minimum Gasteiger partial charge on any atom is -0.384 e. The lowest BCUT2D eigenvalue weighted by Gasteiger charge is -2.04. The molecular formula is C10H13ClN2O. The SMILES string of the molecule is COCCc1nc(Cl)c2c(n1)CCC2. The molecule has 0 fully saturated rings. The van der Waals surface area contributed by atoms with Gasteiger partial charge in [0.25, 0.3) is 0 Å². The average Bonchev–Trinajstić information content (AvgIpc) is 2.63. The van der Waals surface area contributed by atoms with E-state index >= 15 is 0 Å². The number of rotatable bonds is 3. The van der Waals surface area contributed by atoms with Crippen LogP contribution in [0.15, 0.2) is 0 Å². The Bertz CT molecular complexity index is 341. The molecule has 0 saturated carbocycles. The first-order valence-corrected chi connectivity index (χ1v) is 5.22. The summed E-state index contributed by atoms with van der Waals surface area (Å²) in [6.07, 6.45) is 3.96. The van der Waals surface area contributed by atoms with Crippen molar-refractivity contribution < 1.29 is 4.74 Å². The lowest BCUT2D eigenvalue weighted by Crippen LogP contribution is -2.04. The van der Waals surface area contributed by atoms with Gasteiger partial charge in [-0.15, -0.1) is 0 Å². The van der Waals surface area contributed by atoms with Gasteiger partial charge in [-0.3, -0.25) is 0 Å². The molecule has 0 amide bonds. The first-order chi connectivity index (χ1) is 6.81. The number of halogens is 1. The lowest BCUT2D eigenvalue weighted by atomic mass is 10.2. The van der Waals surface area contributed by atoms with Gasteiger partial charge in [0.2, 0.25) is 0 Å². The van der Waals surface area contributed by atoms with Crippen LogP contribution < -0.4 is 0 Å². The fourth-order valence-corrected chi connectivity index (χ4v) is 2.04. The maximum absolute atomic E-state index is 6.06. The van der Waals surface area contributed by atoms with Crippen LogP contribution in [0.5, 0.6) is 0 Å². The largest absolute Gasteiger partial charge is 0.384 e. The van der Waals surface area contributed by atoms with Gasteiger partial charge in [0.15, 0.2) is 0 Å². The molecule has 0 atom stereocenters. The molecule has 0 saturated heterocycles. The second-order valence-corrected chi connectivity index (χ2v) is 3.81. The Morgan fingerprint density at radius 1 is 1.36 bits per heavy atom. The van der Waals surface area contributed by atoms with Crippen molar-refractivity contribution in [3.63, 3.8) is 0 Å². The predicted molar refractivity (Wildman–Crippen MR) is 54.6 cm³/mol. The number of nitrogens with zero attached hydrogens (tertiary/aromatic N) is 2. The molecule has 1 aliphatic carbocycles. The summed E-state index contributed by atoms with van der Waals surface area (Å²) in [5.74, 6) is 0.803. The molecule has 1 aromatic rings. The Balaban J connectivity index is 2.23. The van der Waals surface area contributed by atoms with Crippen LogP contribution in [0, 0.1) is 0 Å².